The summed E-state index contributed by atoms with van der Waals surface area (Å²) in [6.45, 7) is 0. The number of halogens is 3. The lowest BCUT2D eigenvalue weighted by Crippen LogP contribution is -2.26. The van der Waals surface area contributed by atoms with Gasteiger partial charge < -0.3 is 14.8 Å². The van der Waals surface area contributed by atoms with E-state index in [-0.39, 0.29) is 27.9 Å². The van der Waals surface area contributed by atoms with Crippen LogP contribution < -0.4 is 19.5 Å². The van der Waals surface area contributed by atoms with Crippen molar-refractivity contribution in [3.05, 3.63) is 48.0 Å². The molecule has 156 valence electrons. The zero-order valence-electron chi connectivity index (χ0n) is 15.1. The van der Waals surface area contributed by atoms with E-state index in [1.165, 1.54) is 37.4 Å². The Labute approximate surface area is 164 Å². The van der Waals surface area contributed by atoms with E-state index < -0.39 is 28.0 Å². The van der Waals surface area contributed by atoms with Gasteiger partial charge in [0.1, 0.15) is 10.6 Å². The number of hydrogen-bond donors (Lipinski definition) is 2. The number of amides is 1. The predicted molar refractivity (Wildman–Crippen MR) is 97.4 cm³/mol. The van der Waals surface area contributed by atoms with Crippen LogP contribution in [0.2, 0.25) is 0 Å². The zero-order chi connectivity index (χ0) is 21.2. The van der Waals surface area contributed by atoms with Crippen LogP contribution in [-0.4, -0.2) is 33.8 Å². The molecule has 7 nitrogen and oxygen atoms in total. The van der Waals surface area contributed by atoms with E-state index in [0.29, 0.717) is 0 Å². The quantitative estimate of drug-likeness (QED) is 0.703. The Hall–Kier alpha value is -2.79. The van der Waals surface area contributed by atoms with Crippen molar-refractivity contribution < 1.29 is 35.9 Å². The minimum atomic E-state index is -4.93. The summed E-state index contributed by atoms with van der Waals surface area (Å²) >= 11 is 0. The molecule has 0 aromatic heterocycles. The maximum atomic E-state index is 12.5. The van der Waals surface area contributed by atoms with E-state index in [4.69, 9.17) is 4.74 Å². The monoisotopic (exact) mass is 430 g/mol. The van der Waals surface area contributed by atoms with E-state index >= 15 is 0 Å². The molecule has 1 aliphatic rings. The Morgan fingerprint density at radius 2 is 1.79 bits per heavy atom. The minimum absolute atomic E-state index is 0.0375. The average Bonchev–Trinajstić information content (AvgIpc) is 3.45. The van der Waals surface area contributed by atoms with Crippen LogP contribution in [0.3, 0.4) is 0 Å². The summed E-state index contributed by atoms with van der Waals surface area (Å²) in [5.41, 5.74) is -0.296. The molecular formula is C18H17F3N2O5S. The summed E-state index contributed by atoms with van der Waals surface area (Å²) in [6.07, 6.45) is -3.49. The molecule has 0 unspecified atom stereocenters. The number of methoxy groups -OCH3 is 1. The molecule has 1 saturated carbocycles. The second kappa shape index (κ2) is 7.91. The van der Waals surface area contributed by atoms with Gasteiger partial charge in [-0.25, -0.2) is 13.1 Å². The van der Waals surface area contributed by atoms with E-state index in [9.17, 15) is 26.4 Å². The second-order valence-electron chi connectivity index (χ2n) is 6.26. The highest BCUT2D eigenvalue weighted by Gasteiger charge is 2.33. The lowest BCUT2D eigenvalue weighted by atomic mass is 10.2. The van der Waals surface area contributed by atoms with Gasteiger partial charge in [0.2, 0.25) is 10.0 Å². The number of ether oxygens (including phenoxy) is 2. The van der Waals surface area contributed by atoms with Crippen LogP contribution >= 0.6 is 0 Å². The third-order valence-corrected chi connectivity index (χ3v) is 5.52. The van der Waals surface area contributed by atoms with E-state index in [1.807, 2.05) is 0 Å². The Balaban J connectivity index is 1.88. The van der Waals surface area contributed by atoms with Crippen LogP contribution in [0.4, 0.5) is 18.9 Å². The number of rotatable bonds is 7. The maximum Gasteiger partial charge on any atom is 0.573 e. The highest BCUT2D eigenvalue weighted by Crippen LogP contribution is 2.31. The van der Waals surface area contributed by atoms with Gasteiger partial charge >= 0.3 is 6.36 Å². The van der Waals surface area contributed by atoms with E-state index in [0.717, 1.165) is 25.0 Å². The molecule has 1 amide bonds. The van der Waals surface area contributed by atoms with Crippen LogP contribution in [0.15, 0.2) is 47.4 Å². The first-order valence-corrected chi connectivity index (χ1v) is 9.94. The molecule has 0 saturated heterocycles. The lowest BCUT2D eigenvalue weighted by Gasteiger charge is -2.15. The van der Waals surface area contributed by atoms with Crippen LogP contribution in [0.25, 0.3) is 0 Å². The van der Waals surface area contributed by atoms with Crippen molar-refractivity contribution in [2.24, 2.45) is 0 Å². The topological polar surface area (TPSA) is 93.7 Å². The third-order valence-electron chi connectivity index (χ3n) is 3.98. The van der Waals surface area contributed by atoms with Crippen molar-refractivity contribution >= 4 is 21.6 Å². The van der Waals surface area contributed by atoms with Gasteiger partial charge in [-0.3, -0.25) is 4.79 Å². The third kappa shape index (κ3) is 5.39. The van der Waals surface area contributed by atoms with Crippen LogP contribution in [0.1, 0.15) is 23.2 Å². The summed E-state index contributed by atoms with van der Waals surface area (Å²) in [5.74, 6) is -1.37. The molecule has 2 N–H and O–H groups in total. The lowest BCUT2D eigenvalue weighted by molar-refractivity contribution is -0.274. The van der Waals surface area contributed by atoms with Crippen LogP contribution in [0.5, 0.6) is 11.5 Å². The van der Waals surface area contributed by atoms with Crippen molar-refractivity contribution in [3.63, 3.8) is 0 Å². The molecule has 1 fully saturated rings. The molecule has 2 aromatic carbocycles. The van der Waals surface area contributed by atoms with E-state index in [2.05, 4.69) is 14.8 Å². The molecule has 11 heteroatoms. The molecule has 0 heterocycles. The number of para-hydroxylation sites is 2. The smallest absolute Gasteiger partial charge is 0.495 e. The zero-order valence-corrected chi connectivity index (χ0v) is 15.9. The summed E-state index contributed by atoms with van der Waals surface area (Å²) in [4.78, 5) is 12.3. The van der Waals surface area contributed by atoms with Crippen molar-refractivity contribution in [1.29, 1.82) is 0 Å². The first kappa shape index (κ1) is 20.9. The molecule has 29 heavy (non-hydrogen) atoms. The Kier molecular flexibility index (Phi) is 5.71. The molecule has 0 atom stereocenters. The average molecular weight is 430 g/mol. The fourth-order valence-electron chi connectivity index (χ4n) is 2.49. The largest absolute Gasteiger partial charge is 0.573 e. The standard InChI is InChI=1S/C18H17F3N2O5S/c1-27-15-9-6-11(10-16(15)29(25,26)23-12-7-8-12)17(24)22-13-4-2-3-5-14(13)28-18(19,20)21/h2-6,9-10,12,23H,7-8H2,1H3,(H,22,24). The Morgan fingerprint density at radius 1 is 1.10 bits per heavy atom. The van der Waals surface area contributed by atoms with E-state index in [1.54, 1.807) is 0 Å². The molecule has 1 aliphatic carbocycles. The van der Waals surface area contributed by atoms with Crippen molar-refractivity contribution in [2.45, 2.75) is 30.1 Å². The minimum Gasteiger partial charge on any atom is -0.495 e. The first-order chi connectivity index (χ1) is 13.6. The fourth-order valence-corrected chi connectivity index (χ4v) is 3.99. The molecule has 0 spiro atoms. The molecule has 0 aliphatic heterocycles. The SMILES string of the molecule is COc1ccc(C(=O)Nc2ccccc2OC(F)(F)F)cc1S(=O)(=O)NC1CC1. The predicted octanol–water partition coefficient (Wildman–Crippen LogP) is 3.29. The van der Waals surface area contributed by atoms with Crippen molar-refractivity contribution in [3.8, 4) is 11.5 Å². The number of anilines is 1. The molecule has 0 radical (unpaired) electrons. The van der Waals surface area contributed by atoms with Crippen molar-refractivity contribution in [2.75, 3.05) is 12.4 Å². The summed E-state index contributed by atoms with van der Waals surface area (Å²) < 4.78 is 74.1. The molecule has 2 aromatic rings. The summed E-state index contributed by atoms with van der Waals surface area (Å²) in [7, 11) is -2.64. The van der Waals surface area contributed by atoms with Gasteiger partial charge in [-0.1, -0.05) is 12.1 Å². The van der Waals surface area contributed by atoms with Gasteiger partial charge in [0.25, 0.3) is 5.91 Å². The van der Waals surface area contributed by atoms with Gasteiger partial charge in [-0.2, -0.15) is 0 Å². The second-order valence-corrected chi connectivity index (χ2v) is 7.94. The Bertz CT molecular complexity index is 1020. The van der Waals surface area contributed by atoms with Gasteiger partial charge in [0, 0.05) is 11.6 Å². The number of carbonyl (C=O) groups excluding carboxylic acids is 1. The number of hydrogen-bond acceptors (Lipinski definition) is 5. The Morgan fingerprint density at radius 3 is 2.41 bits per heavy atom. The molecule has 0 bridgehead atoms. The molecule has 3 rings (SSSR count). The number of benzene rings is 2. The molecular weight excluding hydrogens is 413 g/mol. The highest BCUT2D eigenvalue weighted by molar-refractivity contribution is 7.89. The number of sulfonamides is 1. The number of carbonyl (C=O) groups is 1. The normalized spacial score (nSPS) is 14.3. The van der Waals surface area contributed by atoms with Crippen LogP contribution in [-0.2, 0) is 10.0 Å². The van der Waals surface area contributed by atoms with Gasteiger partial charge in [-0.15, -0.1) is 13.2 Å². The van der Waals surface area contributed by atoms with Crippen LogP contribution in [0, 0.1) is 0 Å². The maximum absolute atomic E-state index is 12.5. The van der Waals surface area contributed by atoms with Gasteiger partial charge in [0.05, 0.1) is 12.8 Å². The van der Waals surface area contributed by atoms with Gasteiger partial charge in [0.15, 0.2) is 5.75 Å². The summed E-state index contributed by atoms with van der Waals surface area (Å²) in [5, 5.41) is 2.30. The first-order valence-electron chi connectivity index (χ1n) is 8.45. The fraction of sp³-hybridized carbons (Fsp3) is 0.278. The highest BCUT2D eigenvalue weighted by atomic mass is 32.2. The summed E-state index contributed by atoms with van der Waals surface area (Å²) in [6, 6.07) is 8.56. The number of nitrogens with one attached hydrogen (secondary N) is 2. The van der Waals surface area contributed by atoms with Gasteiger partial charge in [-0.05, 0) is 43.2 Å². The van der Waals surface area contributed by atoms with Crippen molar-refractivity contribution in [1.82, 2.24) is 4.72 Å². The number of alkyl halides is 3.